The van der Waals surface area contributed by atoms with Gasteiger partial charge in [0.25, 0.3) is 5.91 Å². The van der Waals surface area contributed by atoms with Crippen molar-refractivity contribution in [1.29, 1.82) is 0 Å². The first-order chi connectivity index (χ1) is 13.3. The summed E-state index contributed by atoms with van der Waals surface area (Å²) in [4.78, 5) is 20.0. The third-order valence-corrected chi connectivity index (χ3v) is 6.54. The molecule has 1 saturated carbocycles. The Hall–Kier alpha value is -1.83. The zero-order valence-corrected chi connectivity index (χ0v) is 17.2. The van der Waals surface area contributed by atoms with Crippen LogP contribution in [0.4, 0.5) is 0 Å². The second-order valence-electron chi connectivity index (χ2n) is 7.52. The Bertz CT molecular complexity index is 847. The Morgan fingerprint density at radius 3 is 2.75 bits per heavy atom. The smallest absolute Gasteiger partial charge is 0.265 e. The fourth-order valence-electron chi connectivity index (χ4n) is 3.63. The quantitative estimate of drug-likeness (QED) is 0.799. The average Bonchev–Trinajstić information content (AvgIpc) is 3.20. The Morgan fingerprint density at radius 2 is 1.96 bits per heavy atom. The molecule has 0 atom stereocenters. The number of piperidine rings is 1. The summed E-state index contributed by atoms with van der Waals surface area (Å²) in [7, 11) is 0. The highest BCUT2D eigenvalue weighted by atomic mass is 35.5. The van der Waals surface area contributed by atoms with Crippen LogP contribution in [0, 0.1) is 5.92 Å². The van der Waals surface area contributed by atoms with Crippen molar-refractivity contribution in [3.05, 3.63) is 29.3 Å². The molecule has 0 unspecified atom stereocenters. The molecule has 6 nitrogen and oxygen atoms in total. The molecule has 1 aliphatic carbocycles. The number of carbonyl (C=O) groups is 1. The van der Waals surface area contributed by atoms with Crippen LogP contribution in [-0.4, -0.2) is 48.3 Å². The molecule has 8 heteroatoms. The van der Waals surface area contributed by atoms with Crippen molar-refractivity contribution < 1.29 is 14.3 Å². The second kappa shape index (κ2) is 8.27. The minimum atomic E-state index is 0. The Morgan fingerprint density at radius 1 is 1.18 bits per heavy atom. The van der Waals surface area contributed by atoms with Crippen LogP contribution < -0.4 is 14.8 Å². The zero-order chi connectivity index (χ0) is 18.2. The van der Waals surface area contributed by atoms with Crippen molar-refractivity contribution >= 4 is 29.7 Å². The molecule has 2 fully saturated rings. The number of nitrogens with one attached hydrogen (secondary N) is 1. The number of nitrogens with zero attached hydrogens (tertiary/aromatic N) is 2. The summed E-state index contributed by atoms with van der Waals surface area (Å²) >= 11 is 1.44. The normalized spacial score (nSPS) is 18.8. The van der Waals surface area contributed by atoms with E-state index in [-0.39, 0.29) is 25.1 Å². The SMILES string of the molecule is Cl.O=C(c1cnc(-c2ccc3c(c2)OCO3)s1)N1CCC(NCC2CC2)CC1. The number of fused-ring (bicyclic) bond motifs is 1. The van der Waals surface area contributed by atoms with Gasteiger partial charge in [-0.2, -0.15) is 0 Å². The predicted molar refractivity (Wildman–Crippen MR) is 111 cm³/mol. The zero-order valence-electron chi connectivity index (χ0n) is 15.6. The number of carbonyl (C=O) groups excluding carboxylic acids is 1. The molecule has 28 heavy (non-hydrogen) atoms. The Labute approximate surface area is 174 Å². The molecule has 5 rings (SSSR count). The monoisotopic (exact) mass is 421 g/mol. The van der Waals surface area contributed by atoms with Gasteiger partial charge in [-0.05, 0) is 56.3 Å². The van der Waals surface area contributed by atoms with Crippen LogP contribution in [0.1, 0.15) is 35.4 Å². The summed E-state index contributed by atoms with van der Waals surface area (Å²) in [5.74, 6) is 2.48. The van der Waals surface area contributed by atoms with Gasteiger partial charge in [0.05, 0.1) is 6.20 Å². The van der Waals surface area contributed by atoms with Gasteiger partial charge in [0.1, 0.15) is 9.88 Å². The average molecular weight is 422 g/mol. The summed E-state index contributed by atoms with van der Waals surface area (Å²) in [6.45, 7) is 3.04. The van der Waals surface area contributed by atoms with Crippen molar-refractivity contribution in [3.8, 4) is 22.1 Å². The molecular formula is C20H24ClN3O3S. The second-order valence-corrected chi connectivity index (χ2v) is 8.55. The van der Waals surface area contributed by atoms with E-state index in [9.17, 15) is 4.79 Å². The lowest BCUT2D eigenvalue weighted by atomic mass is 10.0. The fourth-order valence-corrected chi connectivity index (χ4v) is 4.51. The number of thiazole rings is 1. The van der Waals surface area contributed by atoms with E-state index in [0.29, 0.717) is 10.9 Å². The molecule has 0 bridgehead atoms. The van der Waals surface area contributed by atoms with Gasteiger partial charge < -0.3 is 19.7 Å². The summed E-state index contributed by atoms with van der Waals surface area (Å²) < 4.78 is 10.8. The van der Waals surface area contributed by atoms with Crippen LogP contribution in [-0.2, 0) is 0 Å². The molecule has 1 N–H and O–H groups in total. The van der Waals surface area contributed by atoms with E-state index in [4.69, 9.17) is 9.47 Å². The van der Waals surface area contributed by atoms with E-state index in [1.54, 1.807) is 6.20 Å². The molecule has 0 spiro atoms. The first-order valence-electron chi connectivity index (χ1n) is 9.65. The molecule has 1 amide bonds. The van der Waals surface area contributed by atoms with Crippen LogP contribution in [0.15, 0.2) is 24.4 Å². The molecule has 0 radical (unpaired) electrons. The van der Waals surface area contributed by atoms with Crippen LogP contribution >= 0.6 is 23.7 Å². The van der Waals surface area contributed by atoms with E-state index in [0.717, 1.165) is 60.5 Å². The fraction of sp³-hybridized carbons (Fsp3) is 0.500. The number of amides is 1. The number of halogens is 1. The maximum Gasteiger partial charge on any atom is 0.265 e. The van der Waals surface area contributed by atoms with E-state index < -0.39 is 0 Å². The molecule has 150 valence electrons. The Balaban J connectivity index is 0.00000192. The van der Waals surface area contributed by atoms with Gasteiger partial charge in [-0.15, -0.1) is 23.7 Å². The van der Waals surface area contributed by atoms with Gasteiger partial charge in [-0.25, -0.2) is 4.98 Å². The van der Waals surface area contributed by atoms with Crippen LogP contribution in [0.5, 0.6) is 11.5 Å². The van der Waals surface area contributed by atoms with Crippen molar-refractivity contribution in [2.75, 3.05) is 26.4 Å². The maximum absolute atomic E-state index is 12.8. The highest BCUT2D eigenvalue weighted by Crippen LogP contribution is 2.37. The van der Waals surface area contributed by atoms with Gasteiger partial charge in [0.2, 0.25) is 6.79 Å². The third kappa shape index (κ3) is 4.11. The van der Waals surface area contributed by atoms with Crippen molar-refractivity contribution in [3.63, 3.8) is 0 Å². The third-order valence-electron chi connectivity index (χ3n) is 5.51. The molecule has 1 aromatic carbocycles. The maximum atomic E-state index is 12.8. The standard InChI is InChI=1S/C20H23N3O3S.ClH/c24-20(23-7-5-15(6-8-23)21-10-13-1-2-13)18-11-22-19(27-18)14-3-4-16-17(9-14)26-12-25-16;/h3-4,9,11,13,15,21H,1-2,5-8,10,12H2;1H. The van der Waals surface area contributed by atoms with E-state index in [1.807, 2.05) is 23.1 Å². The largest absolute Gasteiger partial charge is 0.454 e. The number of hydrogen-bond donors (Lipinski definition) is 1. The Kier molecular flexibility index (Phi) is 5.75. The minimum absolute atomic E-state index is 0. The topological polar surface area (TPSA) is 63.7 Å². The first kappa shape index (κ1) is 19.5. The molecule has 3 heterocycles. The highest BCUT2D eigenvalue weighted by Gasteiger charge is 2.27. The van der Waals surface area contributed by atoms with Crippen LogP contribution in [0.2, 0.25) is 0 Å². The minimum Gasteiger partial charge on any atom is -0.454 e. The molecule has 2 aliphatic heterocycles. The summed E-state index contributed by atoms with van der Waals surface area (Å²) in [6, 6.07) is 6.32. The summed E-state index contributed by atoms with van der Waals surface area (Å²) in [6.07, 6.45) is 6.52. The number of hydrogen-bond acceptors (Lipinski definition) is 6. The van der Waals surface area contributed by atoms with Gasteiger partial charge >= 0.3 is 0 Å². The lowest BCUT2D eigenvalue weighted by Crippen LogP contribution is -2.45. The number of benzene rings is 1. The first-order valence-corrected chi connectivity index (χ1v) is 10.5. The van der Waals surface area contributed by atoms with Crippen molar-refractivity contribution in [2.45, 2.75) is 31.7 Å². The summed E-state index contributed by atoms with van der Waals surface area (Å²) in [5.41, 5.74) is 0.950. The number of aromatic nitrogens is 1. The molecule has 3 aliphatic rings. The molecular weight excluding hydrogens is 398 g/mol. The lowest BCUT2D eigenvalue weighted by Gasteiger charge is -2.32. The van der Waals surface area contributed by atoms with Crippen molar-refractivity contribution in [2.24, 2.45) is 5.92 Å². The molecule has 1 aromatic heterocycles. The van der Waals surface area contributed by atoms with E-state index in [2.05, 4.69) is 10.3 Å². The van der Waals surface area contributed by atoms with E-state index in [1.165, 1.54) is 24.2 Å². The van der Waals surface area contributed by atoms with Gasteiger partial charge in [-0.3, -0.25) is 4.79 Å². The molecule has 2 aromatic rings. The number of likely N-dealkylation sites (tertiary alicyclic amines) is 1. The van der Waals surface area contributed by atoms with E-state index >= 15 is 0 Å². The van der Waals surface area contributed by atoms with Gasteiger partial charge in [-0.1, -0.05) is 0 Å². The lowest BCUT2D eigenvalue weighted by molar-refractivity contribution is 0.0709. The van der Waals surface area contributed by atoms with Gasteiger partial charge in [0.15, 0.2) is 11.5 Å². The number of rotatable bonds is 5. The van der Waals surface area contributed by atoms with Gasteiger partial charge in [0, 0.05) is 24.7 Å². The highest BCUT2D eigenvalue weighted by molar-refractivity contribution is 7.16. The van der Waals surface area contributed by atoms with Crippen LogP contribution in [0.25, 0.3) is 10.6 Å². The summed E-state index contributed by atoms with van der Waals surface area (Å²) in [5, 5.41) is 4.49. The predicted octanol–water partition coefficient (Wildman–Crippen LogP) is 3.56. The number of ether oxygens (including phenoxy) is 2. The molecule has 1 saturated heterocycles. The van der Waals surface area contributed by atoms with Crippen LogP contribution in [0.3, 0.4) is 0 Å². The van der Waals surface area contributed by atoms with Crippen molar-refractivity contribution in [1.82, 2.24) is 15.2 Å².